The Labute approximate surface area is 179 Å². The molecule has 0 bridgehead atoms. The molecule has 3 aromatic rings. The number of hydrogen-bond acceptors (Lipinski definition) is 3. The van der Waals surface area contributed by atoms with Crippen LogP contribution >= 0.6 is 12.4 Å². The lowest BCUT2D eigenvalue weighted by molar-refractivity contribution is -0.116. The Morgan fingerprint density at radius 3 is 2.62 bits per heavy atom. The number of halogens is 1. The van der Waals surface area contributed by atoms with Gasteiger partial charge in [0.05, 0.1) is 11.0 Å². The maximum atomic E-state index is 12.1. The average molecular weight is 415 g/mol. The van der Waals surface area contributed by atoms with Crippen LogP contribution in [0.4, 0.5) is 11.6 Å². The third kappa shape index (κ3) is 6.50. The third-order valence-corrected chi connectivity index (χ3v) is 5.01. The van der Waals surface area contributed by atoms with Crippen LogP contribution in [0.25, 0.3) is 11.0 Å². The summed E-state index contributed by atoms with van der Waals surface area (Å²) in [6.07, 6.45) is 6.96. The van der Waals surface area contributed by atoms with E-state index in [-0.39, 0.29) is 18.3 Å². The molecular weight excluding hydrogens is 384 g/mol. The van der Waals surface area contributed by atoms with Crippen molar-refractivity contribution in [3.63, 3.8) is 0 Å². The summed E-state index contributed by atoms with van der Waals surface area (Å²) in [4.78, 5) is 16.6. The highest BCUT2D eigenvalue weighted by molar-refractivity contribution is 5.93. The molecule has 0 radical (unpaired) electrons. The van der Waals surface area contributed by atoms with Crippen LogP contribution in [0.15, 0.2) is 48.5 Å². The number of nitrogens with two attached hydrogens (primary N) is 1. The highest BCUT2D eigenvalue weighted by Crippen LogP contribution is 2.23. The number of carbonyl (C=O) groups excluding carboxylic acids is 1. The normalized spacial score (nSPS) is 10.7. The molecule has 0 fully saturated rings. The Bertz CT molecular complexity index is 908. The van der Waals surface area contributed by atoms with Crippen LogP contribution in [0.2, 0.25) is 0 Å². The van der Waals surface area contributed by atoms with Crippen molar-refractivity contribution in [3.05, 3.63) is 54.1 Å². The number of nitrogen functional groups attached to an aromatic ring is 1. The van der Waals surface area contributed by atoms with Gasteiger partial charge in [-0.15, -0.1) is 12.4 Å². The van der Waals surface area contributed by atoms with Crippen molar-refractivity contribution < 1.29 is 4.79 Å². The van der Waals surface area contributed by atoms with Gasteiger partial charge in [0, 0.05) is 18.7 Å². The number of amides is 1. The van der Waals surface area contributed by atoms with Crippen molar-refractivity contribution in [1.82, 2.24) is 9.55 Å². The SMILES string of the molecule is CCCCCCC(=O)Nc1ccc2c(c1)nc(N)n2CCCc1ccccc1.Cl. The first-order valence-corrected chi connectivity index (χ1v) is 10.3. The summed E-state index contributed by atoms with van der Waals surface area (Å²) in [6.45, 7) is 2.99. The number of rotatable bonds is 10. The van der Waals surface area contributed by atoms with Crippen LogP contribution in [0.1, 0.15) is 51.0 Å². The van der Waals surface area contributed by atoms with E-state index in [4.69, 9.17) is 5.73 Å². The van der Waals surface area contributed by atoms with Crippen LogP contribution in [0, 0.1) is 0 Å². The molecule has 0 aliphatic carbocycles. The summed E-state index contributed by atoms with van der Waals surface area (Å²) in [7, 11) is 0. The van der Waals surface area contributed by atoms with Gasteiger partial charge in [0.2, 0.25) is 11.9 Å². The van der Waals surface area contributed by atoms with E-state index in [1.165, 1.54) is 18.4 Å². The van der Waals surface area contributed by atoms with Gasteiger partial charge >= 0.3 is 0 Å². The molecule has 0 atom stereocenters. The molecule has 29 heavy (non-hydrogen) atoms. The van der Waals surface area contributed by atoms with Gasteiger partial charge in [-0.1, -0.05) is 56.5 Å². The van der Waals surface area contributed by atoms with E-state index in [9.17, 15) is 4.79 Å². The molecule has 0 spiro atoms. The second-order valence-corrected chi connectivity index (χ2v) is 7.27. The van der Waals surface area contributed by atoms with E-state index in [0.717, 1.165) is 48.9 Å². The van der Waals surface area contributed by atoms with Gasteiger partial charge in [-0.2, -0.15) is 0 Å². The number of anilines is 2. The zero-order chi connectivity index (χ0) is 19.8. The minimum atomic E-state index is 0. The monoisotopic (exact) mass is 414 g/mol. The third-order valence-electron chi connectivity index (χ3n) is 5.01. The van der Waals surface area contributed by atoms with Crippen LogP contribution in [-0.2, 0) is 17.8 Å². The molecule has 0 aliphatic rings. The van der Waals surface area contributed by atoms with Gasteiger partial charge in [-0.3, -0.25) is 4.79 Å². The maximum absolute atomic E-state index is 12.1. The number of aryl methyl sites for hydroxylation is 2. The molecule has 0 saturated carbocycles. The first kappa shape index (κ1) is 22.8. The molecule has 6 heteroatoms. The molecule has 156 valence electrons. The largest absolute Gasteiger partial charge is 0.369 e. The summed E-state index contributed by atoms with van der Waals surface area (Å²) in [5.74, 6) is 0.580. The summed E-state index contributed by atoms with van der Waals surface area (Å²) in [5, 5.41) is 2.98. The summed E-state index contributed by atoms with van der Waals surface area (Å²) < 4.78 is 2.05. The lowest BCUT2D eigenvalue weighted by Gasteiger charge is -2.08. The standard InChI is InChI=1S/C23H30N4O.ClH/c1-2-3-4-8-13-22(28)25-19-14-15-21-20(17-19)26-23(24)27(21)16-9-12-18-10-6-5-7-11-18;/h5-7,10-11,14-15,17H,2-4,8-9,12-13,16H2,1H3,(H2,24,26)(H,25,28);1H. The topological polar surface area (TPSA) is 72.9 Å². The second-order valence-electron chi connectivity index (χ2n) is 7.27. The van der Waals surface area contributed by atoms with Crippen molar-refractivity contribution in [2.75, 3.05) is 11.1 Å². The summed E-state index contributed by atoms with van der Waals surface area (Å²) in [6, 6.07) is 16.3. The Hall–Kier alpha value is -2.53. The van der Waals surface area contributed by atoms with Gasteiger partial charge in [0.15, 0.2) is 0 Å². The Kier molecular flexibility index (Phi) is 9.00. The fourth-order valence-electron chi connectivity index (χ4n) is 3.48. The highest BCUT2D eigenvalue weighted by atomic mass is 35.5. The zero-order valence-electron chi connectivity index (χ0n) is 17.1. The summed E-state index contributed by atoms with van der Waals surface area (Å²) in [5.41, 5.74) is 10.1. The van der Waals surface area contributed by atoms with E-state index in [2.05, 4.69) is 46.1 Å². The average Bonchev–Trinajstić information content (AvgIpc) is 3.01. The fourth-order valence-corrected chi connectivity index (χ4v) is 3.48. The molecule has 2 aromatic carbocycles. The molecule has 0 unspecified atom stereocenters. The van der Waals surface area contributed by atoms with Crippen molar-refractivity contribution in [2.45, 2.75) is 58.4 Å². The predicted octanol–water partition coefficient (Wildman–Crippen LogP) is 5.58. The Balaban J connectivity index is 0.00000300. The Morgan fingerprint density at radius 1 is 1.07 bits per heavy atom. The van der Waals surface area contributed by atoms with E-state index >= 15 is 0 Å². The number of imidazole rings is 1. The molecule has 3 rings (SSSR count). The summed E-state index contributed by atoms with van der Waals surface area (Å²) >= 11 is 0. The molecule has 0 saturated heterocycles. The quantitative estimate of drug-likeness (QED) is 0.425. The van der Waals surface area contributed by atoms with Crippen LogP contribution in [0.3, 0.4) is 0 Å². The van der Waals surface area contributed by atoms with Gasteiger partial charge in [0.25, 0.3) is 0 Å². The van der Waals surface area contributed by atoms with Crippen molar-refractivity contribution >= 4 is 41.0 Å². The number of nitrogens with one attached hydrogen (secondary N) is 1. The lowest BCUT2D eigenvalue weighted by atomic mass is 10.1. The van der Waals surface area contributed by atoms with Crippen molar-refractivity contribution in [3.8, 4) is 0 Å². The van der Waals surface area contributed by atoms with Crippen molar-refractivity contribution in [2.24, 2.45) is 0 Å². The fraction of sp³-hybridized carbons (Fsp3) is 0.391. The van der Waals surface area contributed by atoms with E-state index in [1.807, 2.05) is 24.3 Å². The van der Waals surface area contributed by atoms with Crippen molar-refractivity contribution in [1.29, 1.82) is 0 Å². The molecule has 5 nitrogen and oxygen atoms in total. The minimum Gasteiger partial charge on any atom is -0.369 e. The highest BCUT2D eigenvalue weighted by Gasteiger charge is 2.10. The minimum absolute atomic E-state index is 0. The van der Waals surface area contributed by atoms with Gasteiger partial charge in [-0.05, 0) is 43.0 Å². The van der Waals surface area contributed by atoms with Crippen LogP contribution in [0.5, 0.6) is 0 Å². The zero-order valence-corrected chi connectivity index (χ0v) is 17.9. The van der Waals surface area contributed by atoms with Crippen LogP contribution in [-0.4, -0.2) is 15.5 Å². The smallest absolute Gasteiger partial charge is 0.224 e. The first-order valence-electron chi connectivity index (χ1n) is 10.3. The second kappa shape index (κ2) is 11.5. The Morgan fingerprint density at radius 2 is 1.86 bits per heavy atom. The van der Waals surface area contributed by atoms with E-state index < -0.39 is 0 Å². The molecule has 1 heterocycles. The molecule has 0 aliphatic heterocycles. The van der Waals surface area contributed by atoms with Crippen LogP contribution < -0.4 is 11.1 Å². The van der Waals surface area contributed by atoms with E-state index in [0.29, 0.717) is 12.4 Å². The number of carbonyl (C=O) groups is 1. The molecule has 3 N–H and O–H groups in total. The number of unbranched alkanes of at least 4 members (excludes halogenated alkanes) is 3. The molecular formula is C23H31ClN4O. The van der Waals surface area contributed by atoms with Gasteiger partial charge < -0.3 is 15.6 Å². The predicted molar refractivity (Wildman–Crippen MR) is 124 cm³/mol. The lowest BCUT2D eigenvalue weighted by Crippen LogP contribution is -2.11. The van der Waals surface area contributed by atoms with Gasteiger partial charge in [0.1, 0.15) is 0 Å². The molecule has 1 amide bonds. The molecule has 1 aromatic heterocycles. The number of nitrogens with zero attached hydrogens (tertiary/aromatic N) is 2. The van der Waals surface area contributed by atoms with Gasteiger partial charge in [-0.25, -0.2) is 4.98 Å². The maximum Gasteiger partial charge on any atom is 0.224 e. The number of benzene rings is 2. The number of fused-ring (bicyclic) bond motifs is 1. The number of hydrogen-bond donors (Lipinski definition) is 2. The first-order chi connectivity index (χ1) is 13.7. The number of aromatic nitrogens is 2. The van der Waals surface area contributed by atoms with E-state index in [1.54, 1.807) is 0 Å².